The van der Waals surface area contributed by atoms with E-state index in [0.29, 0.717) is 11.8 Å². The molecule has 1 amide bonds. The Morgan fingerprint density at radius 3 is 2.43 bits per heavy atom. The van der Waals surface area contributed by atoms with E-state index in [-0.39, 0.29) is 5.91 Å². The lowest BCUT2D eigenvalue weighted by molar-refractivity contribution is -0.121. The smallest absolute Gasteiger partial charge is 0.220 e. The fourth-order valence-electron chi connectivity index (χ4n) is 1.95. The van der Waals surface area contributed by atoms with E-state index < -0.39 is 0 Å². The molecule has 2 heteroatoms. The van der Waals surface area contributed by atoms with Crippen molar-refractivity contribution in [3.05, 3.63) is 0 Å². The Bertz CT molecular complexity index is 198. The predicted molar refractivity (Wildman–Crippen MR) is 58.9 cm³/mol. The van der Waals surface area contributed by atoms with Crippen molar-refractivity contribution < 1.29 is 4.79 Å². The molecular weight excluding hydrogens is 174 g/mol. The fraction of sp³-hybridized carbons (Fsp3) is 0.917. The van der Waals surface area contributed by atoms with E-state index >= 15 is 0 Å². The van der Waals surface area contributed by atoms with Gasteiger partial charge in [-0.05, 0) is 30.1 Å². The minimum atomic E-state index is 0.242. The molecule has 1 N–H and O–H groups in total. The van der Waals surface area contributed by atoms with Crippen LogP contribution < -0.4 is 5.32 Å². The van der Waals surface area contributed by atoms with Crippen LogP contribution in [0.3, 0.4) is 0 Å². The normalized spacial score (nSPS) is 25.6. The molecule has 1 aliphatic carbocycles. The summed E-state index contributed by atoms with van der Waals surface area (Å²) in [5.41, 5.74) is 0. The molecule has 0 radical (unpaired) electrons. The first-order valence-corrected chi connectivity index (χ1v) is 5.77. The Balaban J connectivity index is 2.11. The van der Waals surface area contributed by atoms with Crippen LogP contribution in [-0.2, 0) is 4.79 Å². The van der Waals surface area contributed by atoms with Crippen LogP contribution in [0.1, 0.15) is 40.5 Å². The van der Waals surface area contributed by atoms with Gasteiger partial charge in [0.05, 0.1) is 0 Å². The monoisotopic (exact) mass is 197 g/mol. The third-order valence-corrected chi connectivity index (χ3v) is 2.99. The van der Waals surface area contributed by atoms with Gasteiger partial charge >= 0.3 is 0 Å². The molecule has 2 nitrogen and oxygen atoms in total. The van der Waals surface area contributed by atoms with Gasteiger partial charge in [0.2, 0.25) is 5.91 Å². The van der Waals surface area contributed by atoms with Crippen molar-refractivity contribution >= 4 is 5.91 Å². The van der Waals surface area contributed by atoms with E-state index in [0.717, 1.165) is 24.8 Å². The molecular formula is C12H23NO. The van der Waals surface area contributed by atoms with Crippen LogP contribution in [-0.4, -0.2) is 12.5 Å². The Morgan fingerprint density at radius 1 is 1.36 bits per heavy atom. The number of hydrogen-bond acceptors (Lipinski definition) is 1. The maximum absolute atomic E-state index is 11.5. The second-order valence-electron chi connectivity index (χ2n) is 5.31. The number of nitrogens with one attached hydrogen (secondary N) is 1. The molecule has 1 fully saturated rings. The summed E-state index contributed by atoms with van der Waals surface area (Å²) in [7, 11) is 0. The van der Waals surface area contributed by atoms with E-state index in [1.165, 1.54) is 6.42 Å². The van der Waals surface area contributed by atoms with Gasteiger partial charge in [-0.3, -0.25) is 4.79 Å². The highest BCUT2D eigenvalue weighted by molar-refractivity contribution is 5.76. The summed E-state index contributed by atoms with van der Waals surface area (Å²) in [5.74, 6) is 3.02. The van der Waals surface area contributed by atoms with Gasteiger partial charge in [-0.1, -0.05) is 27.7 Å². The van der Waals surface area contributed by atoms with Crippen LogP contribution in [0.4, 0.5) is 0 Å². The minimum absolute atomic E-state index is 0.242. The zero-order chi connectivity index (χ0) is 10.7. The highest BCUT2D eigenvalue weighted by Gasteiger charge is 2.40. The highest BCUT2D eigenvalue weighted by Crippen LogP contribution is 2.46. The Labute approximate surface area is 87.5 Å². The summed E-state index contributed by atoms with van der Waals surface area (Å²) in [6, 6.07) is 0. The summed E-state index contributed by atoms with van der Waals surface area (Å²) < 4.78 is 0. The van der Waals surface area contributed by atoms with Gasteiger partial charge in [0.1, 0.15) is 0 Å². The second-order valence-corrected chi connectivity index (χ2v) is 5.31. The van der Waals surface area contributed by atoms with Crippen LogP contribution in [0.25, 0.3) is 0 Å². The molecule has 0 aliphatic heterocycles. The molecule has 14 heavy (non-hydrogen) atoms. The third-order valence-electron chi connectivity index (χ3n) is 2.99. The maximum atomic E-state index is 11.5. The molecule has 0 aromatic heterocycles. The molecule has 82 valence electrons. The van der Waals surface area contributed by atoms with E-state index in [4.69, 9.17) is 0 Å². The predicted octanol–water partition coefficient (Wildman–Crippen LogP) is 2.44. The van der Waals surface area contributed by atoms with Crippen LogP contribution in [0.2, 0.25) is 0 Å². The first-order chi connectivity index (χ1) is 6.50. The van der Waals surface area contributed by atoms with Crippen molar-refractivity contribution in [1.82, 2.24) is 5.32 Å². The van der Waals surface area contributed by atoms with Crippen LogP contribution >= 0.6 is 0 Å². The van der Waals surface area contributed by atoms with Crippen molar-refractivity contribution in [2.24, 2.45) is 23.7 Å². The van der Waals surface area contributed by atoms with Gasteiger partial charge in [0.25, 0.3) is 0 Å². The summed E-state index contributed by atoms with van der Waals surface area (Å²) >= 11 is 0. The average Bonchev–Trinajstić information content (AvgIpc) is 2.80. The lowest BCUT2D eigenvalue weighted by Gasteiger charge is -2.07. The van der Waals surface area contributed by atoms with Crippen LogP contribution in [0.5, 0.6) is 0 Å². The minimum Gasteiger partial charge on any atom is -0.356 e. The molecule has 0 aromatic rings. The topological polar surface area (TPSA) is 29.1 Å². The lowest BCUT2D eigenvalue weighted by atomic mass is 10.1. The van der Waals surface area contributed by atoms with Crippen LogP contribution in [0, 0.1) is 23.7 Å². The first-order valence-electron chi connectivity index (χ1n) is 5.77. The van der Waals surface area contributed by atoms with Crippen molar-refractivity contribution in [2.75, 3.05) is 6.54 Å². The van der Waals surface area contributed by atoms with Gasteiger partial charge in [-0.15, -0.1) is 0 Å². The number of hydrogen-bond donors (Lipinski definition) is 1. The summed E-state index contributed by atoms with van der Waals surface area (Å²) in [6.45, 7) is 9.55. The molecule has 0 spiro atoms. The third kappa shape index (κ3) is 3.69. The molecule has 1 aliphatic rings. The average molecular weight is 197 g/mol. The molecule has 0 aromatic carbocycles. The molecule has 2 unspecified atom stereocenters. The van der Waals surface area contributed by atoms with Crippen molar-refractivity contribution in [1.29, 1.82) is 0 Å². The molecule has 2 atom stereocenters. The van der Waals surface area contributed by atoms with Gasteiger partial charge in [-0.2, -0.15) is 0 Å². The zero-order valence-corrected chi connectivity index (χ0v) is 9.84. The van der Waals surface area contributed by atoms with Gasteiger partial charge in [-0.25, -0.2) is 0 Å². The first kappa shape index (κ1) is 11.5. The summed E-state index contributed by atoms with van der Waals surface area (Å²) in [6.07, 6.45) is 2.00. The highest BCUT2D eigenvalue weighted by atomic mass is 16.1. The SMILES string of the molecule is CC(C)CNC(=O)CC1CC1C(C)C. The second kappa shape index (κ2) is 4.81. The Hall–Kier alpha value is -0.530. The van der Waals surface area contributed by atoms with Crippen molar-refractivity contribution in [2.45, 2.75) is 40.5 Å². The maximum Gasteiger partial charge on any atom is 0.220 e. The van der Waals surface area contributed by atoms with Gasteiger partial charge < -0.3 is 5.32 Å². The Kier molecular flexibility index (Phi) is 3.97. The largest absolute Gasteiger partial charge is 0.356 e. The summed E-state index contributed by atoms with van der Waals surface area (Å²) in [5, 5.41) is 2.97. The fourth-order valence-corrected chi connectivity index (χ4v) is 1.95. The van der Waals surface area contributed by atoms with E-state index in [2.05, 4.69) is 33.0 Å². The standard InChI is InChI=1S/C12H23NO/c1-8(2)7-13-12(14)6-10-5-11(10)9(3)4/h8-11H,5-7H2,1-4H3,(H,13,14). The summed E-state index contributed by atoms with van der Waals surface area (Å²) in [4.78, 5) is 11.5. The van der Waals surface area contributed by atoms with Gasteiger partial charge in [0, 0.05) is 13.0 Å². The lowest BCUT2D eigenvalue weighted by Crippen LogP contribution is -2.27. The van der Waals surface area contributed by atoms with Crippen molar-refractivity contribution in [3.8, 4) is 0 Å². The van der Waals surface area contributed by atoms with E-state index in [1.54, 1.807) is 0 Å². The molecule has 0 bridgehead atoms. The molecule has 0 saturated heterocycles. The number of carbonyl (C=O) groups is 1. The Morgan fingerprint density at radius 2 is 2.00 bits per heavy atom. The van der Waals surface area contributed by atoms with Crippen LogP contribution in [0.15, 0.2) is 0 Å². The van der Waals surface area contributed by atoms with Crippen molar-refractivity contribution in [3.63, 3.8) is 0 Å². The molecule has 1 rings (SSSR count). The molecule has 0 heterocycles. The van der Waals surface area contributed by atoms with Gasteiger partial charge in [0.15, 0.2) is 0 Å². The zero-order valence-electron chi connectivity index (χ0n) is 9.84. The van der Waals surface area contributed by atoms with E-state index in [1.807, 2.05) is 0 Å². The molecule has 1 saturated carbocycles. The quantitative estimate of drug-likeness (QED) is 0.720. The van der Waals surface area contributed by atoms with E-state index in [9.17, 15) is 4.79 Å². The number of rotatable bonds is 5. The number of amides is 1. The number of carbonyl (C=O) groups excluding carboxylic acids is 1.